The van der Waals surface area contributed by atoms with E-state index in [1.807, 2.05) is 24.3 Å². The average molecular weight is 360 g/mol. The summed E-state index contributed by atoms with van der Waals surface area (Å²) in [7, 11) is 0. The van der Waals surface area contributed by atoms with Crippen LogP contribution in [-0.2, 0) is 0 Å². The summed E-state index contributed by atoms with van der Waals surface area (Å²) in [5, 5.41) is 6.09. The zero-order valence-corrected chi connectivity index (χ0v) is 16.2. The average Bonchev–Trinajstić information content (AvgIpc) is 2.61. The van der Waals surface area contributed by atoms with Crippen LogP contribution in [0.3, 0.4) is 0 Å². The van der Waals surface area contributed by atoms with Crippen molar-refractivity contribution in [2.24, 2.45) is 11.8 Å². The van der Waals surface area contributed by atoms with Crippen molar-refractivity contribution < 1.29 is 9.53 Å². The molecule has 3 rings (SSSR count). The summed E-state index contributed by atoms with van der Waals surface area (Å²) in [5.74, 6) is 2.50. The van der Waals surface area contributed by atoms with Crippen LogP contribution < -0.4 is 15.4 Å². The van der Waals surface area contributed by atoms with Gasteiger partial charge in [-0.2, -0.15) is 0 Å². The Morgan fingerprint density at radius 3 is 2.77 bits per heavy atom. The lowest BCUT2D eigenvalue weighted by atomic mass is 9.92. The Bertz CT molecular complexity index is 582. The normalized spacial score (nSPS) is 25.8. The Morgan fingerprint density at radius 2 is 1.96 bits per heavy atom. The molecule has 2 heterocycles. The van der Waals surface area contributed by atoms with Gasteiger partial charge in [0.15, 0.2) is 0 Å². The fraction of sp³-hybridized carbons (Fsp3) is 0.667. The van der Waals surface area contributed by atoms with Crippen molar-refractivity contribution in [3.63, 3.8) is 0 Å². The first kappa shape index (κ1) is 19.0. The molecule has 0 radical (unpaired) electrons. The van der Waals surface area contributed by atoms with E-state index >= 15 is 0 Å². The van der Waals surface area contributed by atoms with Gasteiger partial charge in [0, 0.05) is 31.6 Å². The minimum absolute atomic E-state index is 0.0382. The fourth-order valence-corrected chi connectivity index (χ4v) is 4.34. The van der Waals surface area contributed by atoms with Gasteiger partial charge in [0.25, 0.3) is 0 Å². The molecule has 1 saturated heterocycles. The number of unbranched alkanes of at least 4 members (excludes halogenated alkanes) is 1. The molecule has 1 aromatic carbocycles. The number of amides is 2. The topological polar surface area (TPSA) is 53.6 Å². The van der Waals surface area contributed by atoms with Gasteiger partial charge in [-0.25, -0.2) is 4.79 Å². The Hall–Kier alpha value is -1.75. The molecule has 26 heavy (non-hydrogen) atoms. The van der Waals surface area contributed by atoms with Crippen LogP contribution in [-0.4, -0.2) is 43.7 Å². The monoisotopic (exact) mass is 359 g/mol. The van der Waals surface area contributed by atoms with Gasteiger partial charge in [-0.15, -0.1) is 0 Å². The maximum Gasteiger partial charge on any atom is 0.315 e. The number of carbonyl (C=O) groups is 1. The van der Waals surface area contributed by atoms with Crippen LogP contribution >= 0.6 is 0 Å². The molecule has 0 aliphatic carbocycles. The van der Waals surface area contributed by atoms with Crippen molar-refractivity contribution in [3.8, 4) is 5.75 Å². The van der Waals surface area contributed by atoms with Gasteiger partial charge in [0.1, 0.15) is 5.75 Å². The zero-order valence-electron chi connectivity index (χ0n) is 16.2. The SMILES string of the molecule is C[C@@H]1C[C@H](C)CN(CCCCNC(=O)N[C@H]2CCOc3ccccc32)C1. The number of carbonyl (C=O) groups excluding carboxylic acids is 1. The molecule has 0 bridgehead atoms. The van der Waals surface area contributed by atoms with Gasteiger partial charge in [0.05, 0.1) is 12.6 Å². The predicted molar refractivity (Wildman–Crippen MR) is 104 cm³/mol. The van der Waals surface area contributed by atoms with Gasteiger partial charge in [0.2, 0.25) is 0 Å². The molecule has 5 nitrogen and oxygen atoms in total. The summed E-state index contributed by atoms with van der Waals surface area (Å²) in [6.07, 6.45) is 4.33. The van der Waals surface area contributed by atoms with E-state index in [0.717, 1.165) is 55.5 Å². The molecule has 144 valence electrons. The van der Waals surface area contributed by atoms with Crippen LogP contribution in [0, 0.1) is 11.8 Å². The van der Waals surface area contributed by atoms with Crippen molar-refractivity contribution in [2.45, 2.75) is 45.6 Å². The smallest absolute Gasteiger partial charge is 0.315 e. The molecule has 2 aliphatic heterocycles. The van der Waals surface area contributed by atoms with E-state index < -0.39 is 0 Å². The molecule has 2 amide bonds. The highest BCUT2D eigenvalue weighted by molar-refractivity contribution is 5.74. The fourth-order valence-electron chi connectivity index (χ4n) is 4.34. The Balaban J connectivity index is 1.33. The first-order valence-electron chi connectivity index (χ1n) is 10.1. The second-order valence-corrected chi connectivity index (χ2v) is 8.04. The van der Waals surface area contributed by atoms with Gasteiger partial charge >= 0.3 is 6.03 Å². The number of benzene rings is 1. The number of rotatable bonds is 6. The van der Waals surface area contributed by atoms with Crippen LogP contribution in [0.4, 0.5) is 4.79 Å². The number of likely N-dealkylation sites (tertiary alicyclic amines) is 1. The molecule has 1 aromatic rings. The van der Waals surface area contributed by atoms with Crippen molar-refractivity contribution in [2.75, 3.05) is 32.8 Å². The van der Waals surface area contributed by atoms with Gasteiger partial charge in [-0.3, -0.25) is 0 Å². The summed E-state index contributed by atoms with van der Waals surface area (Å²) in [6, 6.07) is 7.90. The predicted octanol–water partition coefficient (Wildman–Crippen LogP) is 3.57. The third kappa shape index (κ3) is 5.37. The first-order valence-corrected chi connectivity index (χ1v) is 10.1. The van der Waals surface area contributed by atoms with E-state index in [1.54, 1.807) is 0 Å². The van der Waals surface area contributed by atoms with Crippen LogP contribution in [0.2, 0.25) is 0 Å². The van der Waals surface area contributed by atoms with Crippen LogP contribution in [0.15, 0.2) is 24.3 Å². The number of para-hydroxylation sites is 1. The highest BCUT2D eigenvalue weighted by Gasteiger charge is 2.23. The number of nitrogens with one attached hydrogen (secondary N) is 2. The largest absolute Gasteiger partial charge is 0.493 e. The highest BCUT2D eigenvalue weighted by atomic mass is 16.5. The van der Waals surface area contributed by atoms with E-state index in [-0.39, 0.29) is 12.1 Å². The molecule has 2 aliphatic rings. The van der Waals surface area contributed by atoms with Gasteiger partial charge < -0.3 is 20.3 Å². The zero-order chi connectivity index (χ0) is 18.4. The lowest BCUT2D eigenvalue weighted by molar-refractivity contribution is 0.139. The summed E-state index contributed by atoms with van der Waals surface area (Å²) >= 11 is 0. The number of piperidine rings is 1. The van der Waals surface area contributed by atoms with Crippen molar-refractivity contribution in [1.82, 2.24) is 15.5 Å². The maximum atomic E-state index is 12.2. The molecule has 0 aromatic heterocycles. The van der Waals surface area contributed by atoms with Gasteiger partial charge in [-0.1, -0.05) is 32.0 Å². The van der Waals surface area contributed by atoms with Crippen molar-refractivity contribution in [3.05, 3.63) is 29.8 Å². The van der Waals surface area contributed by atoms with E-state index in [9.17, 15) is 4.79 Å². The Morgan fingerprint density at radius 1 is 1.19 bits per heavy atom. The number of fused-ring (bicyclic) bond motifs is 1. The molecule has 3 atom stereocenters. The van der Waals surface area contributed by atoms with Crippen LogP contribution in [0.25, 0.3) is 0 Å². The minimum Gasteiger partial charge on any atom is -0.493 e. The Labute approximate surface area is 157 Å². The third-order valence-electron chi connectivity index (χ3n) is 5.40. The number of ether oxygens (including phenoxy) is 1. The van der Waals surface area contributed by atoms with E-state index in [1.165, 1.54) is 19.5 Å². The number of hydrogen-bond donors (Lipinski definition) is 2. The molecule has 1 fully saturated rings. The minimum atomic E-state index is -0.0769. The number of hydrogen-bond acceptors (Lipinski definition) is 3. The van der Waals surface area contributed by atoms with Crippen LogP contribution in [0.5, 0.6) is 5.75 Å². The maximum absolute atomic E-state index is 12.2. The summed E-state index contributed by atoms with van der Waals surface area (Å²) in [5.41, 5.74) is 1.07. The molecule has 2 N–H and O–H groups in total. The molecule has 0 spiro atoms. The van der Waals surface area contributed by atoms with Crippen molar-refractivity contribution >= 4 is 6.03 Å². The summed E-state index contributed by atoms with van der Waals surface area (Å²) < 4.78 is 5.64. The van der Waals surface area contributed by atoms with Crippen LogP contribution in [0.1, 0.15) is 51.1 Å². The molecular formula is C21H33N3O2. The standard InChI is InChI=1S/C21H33N3O2/c1-16-13-17(2)15-24(14-16)11-6-5-10-22-21(25)23-19-9-12-26-20-8-4-3-7-18(19)20/h3-4,7-8,16-17,19H,5-6,9-15H2,1-2H3,(H2,22,23,25)/t16-,17+,19-/m0/s1. The van der Waals surface area contributed by atoms with E-state index in [2.05, 4.69) is 29.4 Å². The third-order valence-corrected chi connectivity index (χ3v) is 5.40. The lowest BCUT2D eigenvalue weighted by Gasteiger charge is -2.34. The van der Waals surface area contributed by atoms with E-state index in [0.29, 0.717) is 6.61 Å². The molecule has 0 unspecified atom stereocenters. The second-order valence-electron chi connectivity index (χ2n) is 8.04. The molecule has 5 heteroatoms. The molecule has 0 saturated carbocycles. The lowest BCUT2D eigenvalue weighted by Crippen LogP contribution is -2.41. The number of nitrogens with zero attached hydrogens (tertiary/aromatic N) is 1. The van der Waals surface area contributed by atoms with Gasteiger partial charge in [-0.05, 0) is 43.7 Å². The first-order chi connectivity index (χ1) is 12.6. The highest BCUT2D eigenvalue weighted by Crippen LogP contribution is 2.31. The Kier molecular flexibility index (Phi) is 6.78. The van der Waals surface area contributed by atoms with E-state index in [4.69, 9.17) is 4.74 Å². The van der Waals surface area contributed by atoms with Crippen molar-refractivity contribution in [1.29, 1.82) is 0 Å². The quantitative estimate of drug-likeness (QED) is 0.764. The summed E-state index contributed by atoms with van der Waals surface area (Å²) in [4.78, 5) is 14.8. The molecular weight excluding hydrogens is 326 g/mol. The summed E-state index contributed by atoms with van der Waals surface area (Å²) in [6.45, 7) is 9.67. The number of urea groups is 1. The second kappa shape index (κ2) is 9.26.